The highest BCUT2D eigenvalue weighted by molar-refractivity contribution is 9.08. The lowest BCUT2D eigenvalue weighted by Gasteiger charge is -1.91. The molecule has 0 bridgehead atoms. The van der Waals surface area contributed by atoms with E-state index < -0.39 is 0 Å². The van der Waals surface area contributed by atoms with Gasteiger partial charge >= 0.3 is 0 Å². The van der Waals surface area contributed by atoms with Crippen LogP contribution in [-0.2, 0) is 0 Å². The second-order valence-corrected chi connectivity index (χ2v) is 2.67. The van der Waals surface area contributed by atoms with Crippen LogP contribution >= 0.6 is 16.1 Å². The Morgan fingerprint density at radius 3 is 3.00 bits per heavy atom. The van der Waals surface area contributed by atoms with Gasteiger partial charge in [-0.3, -0.25) is 0 Å². The normalized spacial score (nSPS) is 10.6. The first-order valence-corrected chi connectivity index (χ1v) is 3.60. The SMILES string of the molecule is Nc1ncnc2c1cnn2Br. The van der Waals surface area contributed by atoms with Gasteiger partial charge in [-0.25, -0.2) is 9.97 Å². The zero-order valence-corrected chi connectivity index (χ0v) is 6.98. The van der Waals surface area contributed by atoms with Crippen LogP contribution in [0.25, 0.3) is 11.0 Å². The Morgan fingerprint density at radius 1 is 1.45 bits per heavy atom. The van der Waals surface area contributed by atoms with E-state index >= 15 is 0 Å². The summed E-state index contributed by atoms with van der Waals surface area (Å²) in [6.07, 6.45) is 3.01. The second-order valence-electron chi connectivity index (χ2n) is 2.00. The Morgan fingerprint density at radius 2 is 2.27 bits per heavy atom. The molecule has 2 N–H and O–H groups in total. The largest absolute Gasteiger partial charge is 0.383 e. The van der Waals surface area contributed by atoms with Crippen molar-refractivity contribution in [3.8, 4) is 0 Å². The van der Waals surface area contributed by atoms with Crippen molar-refractivity contribution in [2.24, 2.45) is 0 Å². The lowest BCUT2D eigenvalue weighted by atomic mass is 10.4. The van der Waals surface area contributed by atoms with Crippen LogP contribution in [0.4, 0.5) is 5.82 Å². The summed E-state index contributed by atoms with van der Waals surface area (Å²) in [6, 6.07) is 0. The summed E-state index contributed by atoms with van der Waals surface area (Å²) in [4.78, 5) is 7.78. The van der Waals surface area contributed by atoms with Crippen LogP contribution in [0.1, 0.15) is 0 Å². The van der Waals surface area contributed by atoms with Crippen molar-refractivity contribution in [3.05, 3.63) is 12.5 Å². The molecule has 5 nitrogen and oxygen atoms in total. The number of nitrogens with two attached hydrogens (primary N) is 1. The van der Waals surface area contributed by atoms with Crippen molar-refractivity contribution in [3.63, 3.8) is 0 Å². The maximum Gasteiger partial charge on any atom is 0.175 e. The summed E-state index contributed by atoms with van der Waals surface area (Å²) in [5.41, 5.74) is 6.22. The number of rotatable bonds is 0. The van der Waals surface area contributed by atoms with E-state index in [0.29, 0.717) is 11.5 Å². The van der Waals surface area contributed by atoms with Crippen molar-refractivity contribution in [1.82, 2.24) is 18.8 Å². The van der Waals surface area contributed by atoms with Crippen LogP contribution < -0.4 is 5.73 Å². The monoisotopic (exact) mass is 213 g/mol. The first-order chi connectivity index (χ1) is 5.29. The van der Waals surface area contributed by atoms with E-state index in [1.54, 1.807) is 6.20 Å². The number of nitrogens with zero attached hydrogens (tertiary/aromatic N) is 4. The van der Waals surface area contributed by atoms with E-state index in [1.165, 1.54) is 10.0 Å². The Hall–Kier alpha value is -1.17. The predicted molar refractivity (Wildman–Crippen MR) is 44.1 cm³/mol. The molecular weight excluding hydrogens is 210 g/mol. The van der Waals surface area contributed by atoms with Crippen molar-refractivity contribution in [2.75, 3.05) is 5.73 Å². The van der Waals surface area contributed by atoms with Crippen LogP contribution in [0, 0.1) is 0 Å². The van der Waals surface area contributed by atoms with Crippen molar-refractivity contribution in [2.45, 2.75) is 0 Å². The Kier molecular flexibility index (Phi) is 1.28. The third-order valence-corrected chi connectivity index (χ3v) is 1.88. The summed E-state index contributed by atoms with van der Waals surface area (Å²) in [5.74, 6) is 0.445. The minimum Gasteiger partial charge on any atom is -0.383 e. The highest BCUT2D eigenvalue weighted by Gasteiger charge is 2.03. The average Bonchev–Trinajstić information content (AvgIpc) is 2.35. The quantitative estimate of drug-likeness (QED) is 0.695. The van der Waals surface area contributed by atoms with E-state index in [2.05, 4.69) is 31.2 Å². The summed E-state index contributed by atoms with van der Waals surface area (Å²) >= 11 is 3.16. The Bertz CT molecular complexity index is 395. The standard InChI is InChI=1S/C5H4BrN5/c6-11-5-3(1-10-11)4(7)8-2-9-5/h1-2H,(H2,7,8,9). The minimum atomic E-state index is 0.445. The van der Waals surface area contributed by atoms with E-state index in [0.717, 1.165) is 5.39 Å². The molecule has 11 heavy (non-hydrogen) atoms. The van der Waals surface area contributed by atoms with Crippen LogP contribution in [0.2, 0.25) is 0 Å². The van der Waals surface area contributed by atoms with E-state index in [4.69, 9.17) is 5.73 Å². The number of hydrogen-bond donors (Lipinski definition) is 1. The number of hydrogen-bond acceptors (Lipinski definition) is 4. The predicted octanol–water partition coefficient (Wildman–Crippen LogP) is 0.567. The van der Waals surface area contributed by atoms with Gasteiger partial charge in [-0.2, -0.15) is 8.81 Å². The number of nitrogen functional groups attached to an aromatic ring is 1. The number of aromatic nitrogens is 4. The Balaban J connectivity index is 2.94. The highest BCUT2D eigenvalue weighted by Crippen LogP contribution is 2.16. The van der Waals surface area contributed by atoms with Crippen molar-refractivity contribution >= 4 is 33.0 Å². The van der Waals surface area contributed by atoms with Crippen LogP contribution in [-0.4, -0.2) is 18.8 Å². The first kappa shape index (κ1) is 6.53. The lowest BCUT2D eigenvalue weighted by molar-refractivity contribution is 1.04. The van der Waals surface area contributed by atoms with Crippen molar-refractivity contribution < 1.29 is 0 Å². The third-order valence-electron chi connectivity index (χ3n) is 1.36. The highest BCUT2D eigenvalue weighted by atomic mass is 79.9. The van der Waals surface area contributed by atoms with E-state index in [1.807, 2.05) is 0 Å². The smallest absolute Gasteiger partial charge is 0.175 e. The number of fused-ring (bicyclic) bond motifs is 1. The third kappa shape index (κ3) is 0.864. The van der Waals surface area contributed by atoms with E-state index in [9.17, 15) is 0 Å². The Labute approximate surface area is 70.6 Å². The van der Waals surface area contributed by atoms with Gasteiger partial charge in [0.2, 0.25) is 0 Å². The second kappa shape index (κ2) is 2.16. The molecule has 2 heterocycles. The molecule has 0 saturated carbocycles. The zero-order chi connectivity index (χ0) is 7.84. The molecule has 56 valence electrons. The molecule has 0 unspecified atom stereocenters. The molecule has 0 radical (unpaired) electrons. The molecule has 6 heteroatoms. The molecule has 2 rings (SSSR count). The lowest BCUT2D eigenvalue weighted by Crippen LogP contribution is -1.92. The van der Waals surface area contributed by atoms with Crippen molar-refractivity contribution in [1.29, 1.82) is 0 Å². The molecular formula is C5H4BrN5. The zero-order valence-electron chi connectivity index (χ0n) is 5.40. The minimum absolute atomic E-state index is 0.445. The van der Waals surface area contributed by atoms with Crippen LogP contribution in [0.3, 0.4) is 0 Å². The molecule has 0 spiro atoms. The summed E-state index contributed by atoms with van der Waals surface area (Å²) in [5, 5.41) is 4.66. The van der Waals surface area contributed by atoms with Gasteiger partial charge in [-0.1, -0.05) is 0 Å². The van der Waals surface area contributed by atoms with Crippen LogP contribution in [0.15, 0.2) is 12.5 Å². The molecule has 0 aliphatic rings. The van der Waals surface area contributed by atoms with Gasteiger partial charge in [0.25, 0.3) is 0 Å². The molecule has 0 aromatic carbocycles. The summed E-state index contributed by atoms with van der Waals surface area (Å²) in [7, 11) is 0. The van der Waals surface area contributed by atoms with Gasteiger partial charge < -0.3 is 5.73 Å². The maximum atomic E-state index is 5.54. The van der Waals surface area contributed by atoms with Crippen LogP contribution in [0.5, 0.6) is 0 Å². The van der Waals surface area contributed by atoms with E-state index in [-0.39, 0.29) is 0 Å². The molecule has 0 amide bonds. The molecule has 0 fully saturated rings. The fourth-order valence-electron chi connectivity index (χ4n) is 0.833. The molecule has 0 atom stereocenters. The van der Waals surface area contributed by atoms with Gasteiger partial charge in [0, 0.05) is 0 Å². The van der Waals surface area contributed by atoms with Gasteiger partial charge in [0.15, 0.2) is 5.65 Å². The van der Waals surface area contributed by atoms with Gasteiger partial charge in [0.1, 0.15) is 12.1 Å². The fraction of sp³-hybridized carbons (Fsp3) is 0. The topological polar surface area (TPSA) is 69.6 Å². The molecule has 0 aliphatic carbocycles. The molecule has 0 aliphatic heterocycles. The molecule has 0 saturated heterocycles. The fourth-order valence-corrected chi connectivity index (χ4v) is 1.21. The average molecular weight is 214 g/mol. The maximum absolute atomic E-state index is 5.54. The first-order valence-electron chi connectivity index (χ1n) is 2.89. The van der Waals surface area contributed by atoms with Gasteiger partial charge in [-0.15, -0.1) is 0 Å². The molecule has 2 aromatic heterocycles. The number of halogens is 1. The molecule has 2 aromatic rings. The number of anilines is 1. The summed E-state index contributed by atoms with van der Waals surface area (Å²) < 4.78 is 1.47. The summed E-state index contributed by atoms with van der Waals surface area (Å²) in [6.45, 7) is 0. The van der Waals surface area contributed by atoms with Gasteiger partial charge in [0.05, 0.1) is 27.7 Å². The van der Waals surface area contributed by atoms with Gasteiger partial charge in [-0.05, 0) is 0 Å².